The zero-order chi connectivity index (χ0) is 19.1. The van der Waals surface area contributed by atoms with E-state index in [-0.39, 0.29) is 24.3 Å². The van der Waals surface area contributed by atoms with E-state index >= 15 is 0 Å². The smallest absolute Gasteiger partial charge is 0.307 e. The zero-order valence-electron chi connectivity index (χ0n) is 15.0. The number of nitrogens with one attached hydrogen (secondary N) is 1. The molecule has 0 spiro atoms. The zero-order valence-corrected chi connectivity index (χ0v) is 15.8. The summed E-state index contributed by atoms with van der Waals surface area (Å²) in [6.45, 7) is 0. The molecular weight excluding hydrogens is 362 g/mol. The highest BCUT2D eigenvalue weighted by Gasteiger charge is 2.19. The number of carbonyl (C=O) groups is 2. The summed E-state index contributed by atoms with van der Waals surface area (Å²) in [5.41, 5.74) is 1.96. The number of rotatable bonds is 8. The molecule has 0 fully saturated rings. The first-order valence-electron chi connectivity index (χ1n) is 8.64. The molecule has 27 heavy (non-hydrogen) atoms. The lowest BCUT2D eigenvalue weighted by Gasteiger charge is -2.16. The van der Waals surface area contributed by atoms with Crippen molar-refractivity contribution in [3.8, 4) is 5.69 Å². The summed E-state index contributed by atoms with van der Waals surface area (Å²) in [5, 5.41) is 9.20. The van der Waals surface area contributed by atoms with Crippen LogP contribution in [0.4, 0.5) is 0 Å². The van der Waals surface area contributed by atoms with Gasteiger partial charge >= 0.3 is 5.97 Å². The van der Waals surface area contributed by atoms with Gasteiger partial charge in [-0.05, 0) is 35.6 Å². The van der Waals surface area contributed by atoms with Crippen LogP contribution in [0.3, 0.4) is 0 Å². The van der Waals surface area contributed by atoms with E-state index in [0.717, 1.165) is 16.1 Å². The molecule has 7 heteroatoms. The Hall–Kier alpha value is -2.93. The predicted molar refractivity (Wildman–Crippen MR) is 104 cm³/mol. The number of esters is 1. The number of para-hydroxylation sites is 1. The molecule has 0 aliphatic carbocycles. The van der Waals surface area contributed by atoms with Gasteiger partial charge in [0.2, 0.25) is 5.91 Å². The molecule has 1 atom stereocenters. The molecule has 1 N–H and O–H groups in total. The Kier molecular flexibility index (Phi) is 6.38. The Bertz CT molecular complexity index is 875. The van der Waals surface area contributed by atoms with Crippen LogP contribution in [0.25, 0.3) is 5.69 Å². The van der Waals surface area contributed by atoms with Crippen LogP contribution in [0.15, 0.2) is 60.2 Å². The number of aromatic nitrogens is 2. The number of thiophene rings is 1. The molecule has 0 aliphatic heterocycles. The molecule has 1 unspecified atom stereocenters. The summed E-state index contributed by atoms with van der Waals surface area (Å²) >= 11 is 1.51. The molecule has 2 aromatic heterocycles. The lowest BCUT2D eigenvalue weighted by Crippen LogP contribution is -2.30. The maximum Gasteiger partial charge on any atom is 0.307 e. The number of ether oxygens (including phenoxy) is 1. The van der Waals surface area contributed by atoms with Crippen molar-refractivity contribution < 1.29 is 14.3 Å². The van der Waals surface area contributed by atoms with Crippen molar-refractivity contribution in [2.45, 2.75) is 25.3 Å². The Balaban J connectivity index is 1.57. The SMILES string of the molecule is COC(=O)CC(NC(=O)CCc1cnn(-c2ccccc2)c1)c1cccs1. The van der Waals surface area contributed by atoms with Gasteiger partial charge in [-0.1, -0.05) is 24.3 Å². The molecule has 2 heterocycles. The van der Waals surface area contributed by atoms with Crippen molar-refractivity contribution in [1.29, 1.82) is 0 Å². The van der Waals surface area contributed by atoms with E-state index in [0.29, 0.717) is 12.8 Å². The Morgan fingerprint density at radius 3 is 2.74 bits per heavy atom. The van der Waals surface area contributed by atoms with Gasteiger partial charge < -0.3 is 10.1 Å². The molecule has 0 bridgehead atoms. The van der Waals surface area contributed by atoms with Gasteiger partial charge in [0.05, 0.1) is 31.5 Å². The van der Waals surface area contributed by atoms with Crippen molar-refractivity contribution in [2.24, 2.45) is 0 Å². The van der Waals surface area contributed by atoms with Gasteiger partial charge in [-0.25, -0.2) is 4.68 Å². The van der Waals surface area contributed by atoms with Crippen molar-refractivity contribution in [1.82, 2.24) is 15.1 Å². The Labute approximate surface area is 161 Å². The largest absolute Gasteiger partial charge is 0.469 e. The van der Waals surface area contributed by atoms with Gasteiger partial charge in [-0.15, -0.1) is 11.3 Å². The van der Waals surface area contributed by atoms with Gasteiger partial charge in [0.15, 0.2) is 0 Å². The highest BCUT2D eigenvalue weighted by molar-refractivity contribution is 7.10. The monoisotopic (exact) mass is 383 g/mol. The lowest BCUT2D eigenvalue weighted by atomic mass is 10.1. The molecule has 140 valence electrons. The van der Waals surface area contributed by atoms with E-state index < -0.39 is 0 Å². The van der Waals surface area contributed by atoms with Crippen LogP contribution in [0.5, 0.6) is 0 Å². The number of benzene rings is 1. The molecular formula is C20H21N3O3S. The number of nitrogens with zero attached hydrogens (tertiary/aromatic N) is 2. The van der Waals surface area contributed by atoms with Crippen LogP contribution in [0.1, 0.15) is 29.3 Å². The fraction of sp³-hybridized carbons (Fsp3) is 0.250. The Morgan fingerprint density at radius 1 is 1.22 bits per heavy atom. The second-order valence-electron chi connectivity index (χ2n) is 6.04. The van der Waals surface area contributed by atoms with E-state index in [1.165, 1.54) is 18.4 Å². The third kappa shape index (κ3) is 5.27. The number of carbonyl (C=O) groups excluding carboxylic acids is 2. The van der Waals surface area contributed by atoms with E-state index in [2.05, 4.69) is 10.4 Å². The van der Waals surface area contributed by atoms with Crippen LogP contribution < -0.4 is 5.32 Å². The second kappa shape index (κ2) is 9.14. The van der Waals surface area contributed by atoms with Gasteiger partial charge in [-0.2, -0.15) is 5.10 Å². The molecule has 1 aromatic carbocycles. The summed E-state index contributed by atoms with van der Waals surface area (Å²) in [6.07, 6.45) is 4.71. The number of hydrogen-bond acceptors (Lipinski definition) is 5. The van der Waals surface area contributed by atoms with Gasteiger partial charge in [0, 0.05) is 17.5 Å². The Morgan fingerprint density at radius 2 is 2.04 bits per heavy atom. The van der Waals surface area contributed by atoms with Crippen LogP contribution in [-0.4, -0.2) is 28.8 Å². The molecule has 0 radical (unpaired) electrons. The summed E-state index contributed by atoms with van der Waals surface area (Å²) in [4.78, 5) is 25.0. The van der Waals surface area contributed by atoms with Crippen molar-refractivity contribution in [3.63, 3.8) is 0 Å². The van der Waals surface area contributed by atoms with Gasteiger partial charge in [-0.3, -0.25) is 9.59 Å². The maximum atomic E-state index is 12.4. The van der Waals surface area contributed by atoms with E-state index in [1.807, 2.05) is 54.0 Å². The quantitative estimate of drug-likeness (QED) is 0.606. The predicted octanol–water partition coefficient (Wildman–Crippen LogP) is 3.29. The summed E-state index contributed by atoms with van der Waals surface area (Å²) < 4.78 is 6.53. The van der Waals surface area contributed by atoms with Crippen molar-refractivity contribution in [2.75, 3.05) is 7.11 Å². The first-order valence-corrected chi connectivity index (χ1v) is 9.52. The highest BCUT2D eigenvalue weighted by atomic mass is 32.1. The summed E-state index contributed by atoms with van der Waals surface area (Å²) in [7, 11) is 1.35. The van der Waals surface area contributed by atoms with Crippen LogP contribution in [0, 0.1) is 0 Å². The number of amides is 1. The maximum absolute atomic E-state index is 12.4. The first-order chi connectivity index (χ1) is 13.2. The fourth-order valence-corrected chi connectivity index (χ4v) is 3.48. The van der Waals surface area contributed by atoms with E-state index in [1.54, 1.807) is 10.9 Å². The summed E-state index contributed by atoms with van der Waals surface area (Å²) in [6, 6.07) is 13.3. The molecule has 1 amide bonds. The molecule has 3 rings (SSSR count). The summed E-state index contributed by atoms with van der Waals surface area (Å²) in [5.74, 6) is -0.456. The molecule has 0 aliphatic rings. The van der Waals surface area contributed by atoms with Crippen LogP contribution in [0.2, 0.25) is 0 Å². The topological polar surface area (TPSA) is 73.2 Å². The molecule has 6 nitrogen and oxygen atoms in total. The third-order valence-corrected chi connectivity index (χ3v) is 5.10. The van der Waals surface area contributed by atoms with Crippen molar-refractivity contribution >= 4 is 23.2 Å². The molecule has 0 saturated heterocycles. The fourth-order valence-electron chi connectivity index (χ4n) is 2.70. The number of hydrogen-bond donors (Lipinski definition) is 1. The molecule has 3 aromatic rings. The number of aryl methyl sites for hydroxylation is 1. The highest BCUT2D eigenvalue weighted by Crippen LogP contribution is 2.22. The molecule has 0 saturated carbocycles. The standard InChI is InChI=1S/C20H21N3O3S/c1-26-20(25)12-17(18-8-5-11-27-18)22-19(24)10-9-15-13-21-23(14-15)16-6-3-2-4-7-16/h2-8,11,13-14,17H,9-10,12H2,1H3,(H,22,24). The van der Waals surface area contributed by atoms with Gasteiger partial charge in [0.1, 0.15) is 0 Å². The minimum atomic E-state index is -0.364. The third-order valence-electron chi connectivity index (χ3n) is 4.12. The number of methoxy groups -OCH3 is 1. The second-order valence-corrected chi connectivity index (χ2v) is 7.02. The minimum Gasteiger partial charge on any atom is -0.469 e. The van der Waals surface area contributed by atoms with E-state index in [4.69, 9.17) is 4.74 Å². The minimum absolute atomic E-state index is 0.107. The average Bonchev–Trinajstić information content (AvgIpc) is 3.38. The van der Waals surface area contributed by atoms with Crippen molar-refractivity contribution in [3.05, 3.63) is 70.7 Å². The van der Waals surface area contributed by atoms with Crippen LogP contribution >= 0.6 is 11.3 Å². The first kappa shape index (κ1) is 18.8. The van der Waals surface area contributed by atoms with Gasteiger partial charge in [0.25, 0.3) is 0 Å². The average molecular weight is 383 g/mol. The normalized spacial score (nSPS) is 11.7. The van der Waals surface area contributed by atoms with E-state index in [9.17, 15) is 9.59 Å². The van der Waals surface area contributed by atoms with Crippen LogP contribution in [-0.2, 0) is 20.7 Å². The lowest BCUT2D eigenvalue weighted by molar-refractivity contribution is -0.141.